The maximum atomic E-state index is 12.3. The quantitative estimate of drug-likeness (QED) is 0.403. The zero-order valence-electron chi connectivity index (χ0n) is 14.1. The van der Waals surface area contributed by atoms with Crippen molar-refractivity contribution >= 4 is 22.5 Å². The van der Waals surface area contributed by atoms with E-state index in [4.69, 9.17) is 4.74 Å². The summed E-state index contributed by atoms with van der Waals surface area (Å²) < 4.78 is 6.62. The van der Waals surface area contributed by atoms with Crippen LogP contribution in [0.5, 0.6) is 0 Å². The number of hydrogen-bond acceptors (Lipinski definition) is 6. The third-order valence-electron chi connectivity index (χ3n) is 4.12. The minimum absolute atomic E-state index is 0.251. The molecular formula is C20H14N4O3. The molecule has 0 aliphatic rings. The van der Waals surface area contributed by atoms with Gasteiger partial charge in [-0.2, -0.15) is 0 Å². The molecule has 0 aliphatic heterocycles. The van der Waals surface area contributed by atoms with Crippen molar-refractivity contribution in [3.8, 4) is 5.69 Å². The number of ketones is 1. The Kier molecular flexibility index (Phi) is 4.40. The van der Waals surface area contributed by atoms with Crippen molar-refractivity contribution in [3.63, 3.8) is 0 Å². The summed E-state index contributed by atoms with van der Waals surface area (Å²) in [6.07, 6.45) is 1.45. The molecule has 0 saturated carbocycles. The molecule has 7 heteroatoms. The lowest BCUT2D eigenvalue weighted by atomic mass is 10.0. The highest BCUT2D eigenvalue weighted by Crippen LogP contribution is 2.16. The molecule has 0 fully saturated rings. The van der Waals surface area contributed by atoms with E-state index < -0.39 is 5.97 Å². The fourth-order valence-corrected chi connectivity index (χ4v) is 2.69. The van der Waals surface area contributed by atoms with Gasteiger partial charge < -0.3 is 4.74 Å². The number of esters is 1. The first kappa shape index (κ1) is 16.6. The molecule has 0 N–H and O–H groups in total. The van der Waals surface area contributed by atoms with E-state index in [0.29, 0.717) is 16.8 Å². The number of fused-ring (bicyclic) bond motifs is 1. The molecule has 0 bridgehead atoms. The zero-order chi connectivity index (χ0) is 18.6. The van der Waals surface area contributed by atoms with Gasteiger partial charge in [-0.25, -0.2) is 9.48 Å². The van der Waals surface area contributed by atoms with Crippen LogP contribution in [0.1, 0.15) is 20.7 Å². The summed E-state index contributed by atoms with van der Waals surface area (Å²) in [7, 11) is 0. The Balaban J connectivity index is 1.41. The van der Waals surface area contributed by atoms with Gasteiger partial charge in [0.25, 0.3) is 0 Å². The molecule has 0 spiro atoms. The second-order valence-electron chi connectivity index (χ2n) is 5.86. The van der Waals surface area contributed by atoms with Crippen LogP contribution in [0.25, 0.3) is 16.5 Å². The van der Waals surface area contributed by atoms with Crippen LogP contribution in [0.3, 0.4) is 0 Å². The SMILES string of the molecule is O=C(COC(=O)c1ccc(-n2cnnn2)cc1)c1ccc2ccccc2c1. The van der Waals surface area contributed by atoms with E-state index in [-0.39, 0.29) is 12.4 Å². The second kappa shape index (κ2) is 7.17. The van der Waals surface area contributed by atoms with Crippen LogP contribution in [0.2, 0.25) is 0 Å². The van der Waals surface area contributed by atoms with Gasteiger partial charge in [-0.3, -0.25) is 4.79 Å². The van der Waals surface area contributed by atoms with Crippen LogP contribution in [-0.4, -0.2) is 38.6 Å². The number of nitrogens with zero attached hydrogens (tertiary/aromatic N) is 4. The molecule has 0 amide bonds. The lowest BCUT2D eigenvalue weighted by Gasteiger charge is -2.06. The Hall–Kier alpha value is -3.87. The number of carbonyl (C=O) groups is 2. The lowest BCUT2D eigenvalue weighted by Crippen LogP contribution is -2.14. The number of tetrazole rings is 1. The van der Waals surface area contributed by atoms with E-state index in [2.05, 4.69) is 15.5 Å². The highest BCUT2D eigenvalue weighted by atomic mass is 16.5. The summed E-state index contributed by atoms with van der Waals surface area (Å²) in [6.45, 7) is -0.314. The third-order valence-corrected chi connectivity index (χ3v) is 4.12. The number of rotatable bonds is 5. The molecule has 0 unspecified atom stereocenters. The Morgan fingerprint density at radius 2 is 1.63 bits per heavy atom. The highest BCUT2D eigenvalue weighted by Gasteiger charge is 2.12. The summed E-state index contributed by atoms with van der Waals surface area (Å²) in [6, 6.07) is 19.8. The van der Waals surface area contributed by atoms with Crippen LogP contribution >= 0.6 is 0 Å². The minimum atomic E-state index is -0.563. The normalized spacial score (nSPS) is 10.7. The van der Waals surface area contributed by atoms with Crippen LogP contribution in [0, 0.1) is 0 Å². The molecule has 0 aliphatic carbocycles. The van der Waals surface area contributed by atoms with Crippen molar-refractivity contribution in [1.82, 2.24) is 20.2 Å². The van der Waals surface area contributed by atoms with Gasteiger partial charge in [0.1, 0.15) is 6.33 Å². The van der Waals surface area contributed by atoms with E-state index >= 15 is 0 Å². The van der Waals surface area contributed by atoms with Gasteiger partial charge in [-0.05, 0) is 51.5 Å². The van der Waals surface area contributed by atoms with E-state index in [1.807, 2.05) is 30.3 Å². The molecule has 7 nitrogen and oxygen atoms in total. The molecule has 3 aromatic carbocycles. The van der Waals surface area contributed by atoms with Crippen LogP contribution in [0.15, 0.2) is 73.1 Å². The fourth-order valence-electron chi connectivity index (χ4n) is 2.69. The smallest absolute Gasteiger partial charge is 0.338 e. The topological polar surface area (TPSA) is 87.0 Å². The van der Waals surface area contributed by atoms with Crippen molar-refractivity contribution < 1.29 is 14.3 Å². The van der Waals surface area contributed by atoms with Gasteiger partial charge >= 0.3 is 5.97 Å². The molecule has 4 rings (SSSR count). The molecule has 4 aromatic rings. The monoisotopic (exact) mass is 358 g/mol. The van der Waals surface area contributed by atoms with Gasteiger partial charge in [0, 0.05) is 5.56 Å². The Morgan fingerprint density at radius 3 is 2.37 bits per heavy atom. The summed E-state index contributed by atoms with van der Waals surface area (Å²) in [4.78, 5) is 24.5. The van der Waals surface area contributed by atoms with Crippen molar-refractivity contribution in [1.29, 1.82) is 0 Å². The predicted molar refractivity (Wildman–Crippen MR) is 97.7 cm³/mol. The Labute approximate surface area is 154 Å². The first-order valence-electron chi connectivity index (χ1n) is 8.23. The predicted octanol–water partition coefficient (Wildman–Crippen LogP) is 2.86. The zero-order valence-corrected chi connectivity index (χ0v) is 14.1. The lowest BCUT2D eigenvalue weighted by molar-refractivity contribution is 0.0475. The largest absolute Gasteiger partial charge is 0.454 e. The van der Waals surface area contributed by atoms with Crippen LogP contribution < -0.4 is 0 Å². The molecule has 27 heavy (non-hydrogen) atoms. The van der Waals surface area contributed by atoms with E-state index in [1.165, 1.54) is 11.0 Å². The summed E-state index contributed by atoms with van der Waals surface area (Å²) in [5.74, 6) is -0.813. The van der Waals surface area contributed by atoms with Gasteiger partial charge in [0.2, 0.25) is 0 Å². The number of ether oxygens (including phenoxy) is 1. The average Bonchev–Trinajstić information content (AvgIpc) is 3.26. The molecule has 1 heterocycles. The molecule has 0 saturated heterocycles. The van der Waals surface area contributed by atoms with Gasteiger partial charge in [-0.1, -0.05) is 36.4 Å². The number of aromatic nitrogens is 4. The van der Waals surface area contributed by atoms with Crippen LogP contribution in [-0.2, 0) is 4.74 Å². The van der Waals surface area contributed by atoms with E-state index in [1.54, 1.807) is 36.4 Å². The average molecular weight is 358 g/mol. The number of benzene rings is 3. The third kappa shape index (κ3) is 3.57. The maximum Gasteiger partial charge on any atom is 0.338 e. The summed E-state index contributed by atoms with van der Waals surface area (Å²) in [5.41, 5.74) is 1.57. The van der Waals surface area contributed by atoms with Crippen LogP contribution in [0.4, 0.5) is 0 Å². The van der Waals surface area contributed by atoms with Crippen molar-refractivity contribution in [2.24, 2.45) is 0 Å². The number of hydrogen-bond donors (Lipinski definition) is 0. The standard InChI is InChI=1S/C20H14N4O3/c25-19(17-6-5-14-3-1-2-4-16(14)11-17)12-27-20(26)15-7-9-18(10-8-15)24-13-21-22-23-24/h1-11,13H,12H2. The second-order valence-corrected chi connectivity index (χ2v) is 5.86. The van der Waals surface area contributed by atoms with Crippen molar-refractivity contribution in [3.05, 3.63) is 84.2 Å². The molecule has 132 valence electrons. The van der Waals surface area contributed by atoms with E-state index in [9.17, 15) is 9.59 Å². The first-order valence-corrected chi connectivity index (χ1v) is 8.23. The molecule has 0 atom stereocenters. The van der Waals surface area contributed by atoms with Crippen molar-refractivity contribution in [2.45, 2.75) is 0 Å². The Bertz CT molecular complexity index is 1110. The minimum Gasteiger partial charge on any atom is -0.454 e. The van der Waals surface area contributed by atoms with Gasteiger partial charge in [0.05, 0.1) is 11.3 Å². The highest BCUT2D eigenvalue weighted by molar-refractivity contribution is 6.02. The molecular weight excluding hydrogens is 344 g/mol. The van der Waals surface area contributed by atoms with E-state index in [0.717, 1.165) is 10.8 Å². The van der Waals surface area contributed by atoms with Gasteiger partial charge in [0.15, 0.2) is 12.4 Å². The summed E-state index contributed by atoms with van der Waals surface area (Å²) >= 11 is 0. The number of carbonyl (C=O) groups excluding carboxylic acids is 2. The Morgan fingerprint density at radius 1 is 0.889 bits per heavy atom. The first-order chi connectivity index (χ1) is 13.2. The summed E-state index contributed by atoms with van der Waals surface area (Å²) in [5, 5.41) is 12.9. The number of Topliss-reactive ketones (excluding diaryl/α,β-unsaturated/α-hetero) is 1. The van der Waals surface area contributed by atoms with Gasteiger partial charge in [-0.15, -0.1) is 5.10 Å². The maximum absolute atomic E-state index is 12.3. The fraction of sp³-hybridized carbons (Fsp3) is 0.0500. The van der Waals surface area contributed by atoms with Crippen molar-refractivity contribution in [2.75, 3.05) is 6.61 Å². The molecule has 1 aromatic heterocycles. The molecule has 0 radical (unpaired) electrons.